The third-order valence-corrected chi connectivity index (χ3v) is 4.38. The minimum Gasteiger partial charge on any atom is -0.376 e. The van der Waals surface area contributed by atoms with Gasteiger partial charge < -0.3 is 5.32 Å². The second-order valence-corrected chi connectivity index (χ2v) is 6.32. The van der Waals surface area contributed by atoms with E-state index in [1.807, 2.05) is 60.7 Å². The Labute approximate surface area is 157 Å². The van der Waals surface area contributed by atoms with Crippen molar-refractivity contribution in [1.29, 1.82) is 0 Å². The summed E-state index contributed by atoms with van der Waals surface area (Å²) in [6, 6.07) is 28.3. The molecule has 0 radical (unpaired) electrons. The van der Waals surface area contributed by atoms with Crippen LogP contribution in [0, 0.1) is 0 Å². The van der Waals surface area contributed by atoms with Gasteiger partial charge in [-0.3, -0.25) is 4.79 Å². The van der Waals surface area contributed by atoms with Crippen LogP contribution in [0.15, 0.2) is 90.0 Å². The van der Waals surface area contributed by atoms with Gasteiger partial charge in [0.15, 0.2) is 0 Å². The summed E-state index contributed by atoms with van der Waals surface area (Å²) in [5, 5.41) is 11.8. The zero-order valence-corrected chi connectivity index (χ0v) is 14.7. The molecule has 0 saturated heterocycles. The highest BCUT2D eigenvalue weighted by molar-refractivity contribution is 5.91. The van der Waals surface area contributed by atoms with Crippen LogP contribution >= 0.6 is 0 Å². The topological polar surface area (TPSA) is 53.5 Å². The summed E-state index contributed by atoms with van der Waals surface area (Å²) in [5.41, 5.74) is 4.40. The van der Waals surface area contributed by atoms with Crippen LogP contribution in [0.4, 0.5) is 5.69 Å². The molecule has 0 unspecified atom stereocenters. The fraction of sp³-hybridized carbons (Fsp3) is 0.0435. The standard InChI is InChI=1S/C23H19N3O/c27-23(16-24-22-12-11-19-6-2-4-8-21(19)14-22)26-25-15-17-9-10-18-5-1-3-7-20(18)13-17/h1-15,24H,16H2,(H,26,27)/b25-15-. The van der Waals surface area contributed by atoms with E-state index >= 15 is 0 Å². The lowest BCUT2D eigenvalue weighted by Gasteiger charge is -2.06. The number of carbonyl (C=O) groups is 1. The van der Waals surface area contributed by atoms with Gasteiger partial charge in [0.25, 0.3) is 5.91 Å². The van der Waals surface area contributed by atoms with Gasteiger partial charge in [-0.05, 0) is 45.3 Å². The maximum absolute atomic E-state index is 12.0. The van der Waals surface area contributed by atoms with Crippen molar-refractivity contribution in [3.8, 4) is 0 Å². The highest BCUT2D eigenvalue weighted by atomic mass is 16.2. The van der Waals surface area contributed by atoms with Crippen LogP contribution in [-0.2, 0) is 4.79 Å². The minimum absolute atomic E-state index is 0.160. The van der Waals surface area contributed by atoms with Crippen molar-refractivity contribution in [3.63, 3.8) is 0 Å². The van der Waals surface area contributed by atoms with Crippen molar-refractivity contribution in [1.82, 2.24) is 5.43 Å². The van der Waals surface area contributed by atoms with Gasteiger partial charge in [0, 0.05) is 5.69 Å². The third-order valence-electron chi connectivity index (χ3n) is 4.38. The van der Waals surface area contributed by atoms with Gasteiger partial charge in [0.05, 0.1) is 12.8 Å². The van der Waals surface area contributed by atoms with Crippen LogP contribution < -0.4 is 10.7 Å². The Balaban J connectivity index is 1.33. The number of nitrogens with zero attached hydrogens (tertiary/aromatic N) is 1. The number of hydrogen-bond donors (Lipinski definition) is 2. The van der Waals surface area contributed by atoms with E-state index in [9.17, 15) is 4.79 Å². The Hall–Kier alpha value is -3.66. The molecule has 0 fully saturated rings. The van der Waals surface area contributed by atoms with Gasteiger partial charge in [-0.2, -0.15) is 5.10 Å². The largest absolute Gasteiger partial charge is 0.376 e. The predicted octanol–water partition coefficient (Wildman–Crippen LogP) is 4.56. The molecule has 4 heteroatoms. The quantitative estimate of drug-likeness (QED) is 0.408. The molecule has 0 atom stereocenters. The highest BCUT2D eigenvalue weighted by Gasteiger charge is 2.01. The summed E-state index contributed by atoms with van der Waals surface area (Å²) in [6.45, 7) is 0.160. The van der Waals surface area contributed by atoms with Crippen LogP contribution in [0.3, 0.4) is 0 Å². The molecule has 4 aromatic rings. The monoisotopic (exact) mass is 353 g/mol. The fourth-order valence-electron chi connectivity index (χ4n) is 2.99. The molecule has 27 heavy (non-hydrogen) atoms. The first kappa shape index (κ1) is 16.8. The van der Waals surface area contributed by atoms with Gasteiger partial charge >= 0.3 is 0 Å². The van der Waals surface area contributed by atoms with Crippen molar-refractivity contribution in [2.45, 2.75) is 0 Å². The molecule has 1 amide bonds. The number of amides is 1. The minimum atomic E-state index is -0.194. The Morgan fingerprint density at radius 1 is 0.778 bits per heavy atom. The summed E-state index contributed by atoms with van der Waals surface area (Å²) in [7, 11) is 0. The van der Waals surface area contributed by atoms with Gasteiger partial charge in [0.2, 0.25) is 0 Å². The molecule has 132 valence electrons. The van der Waals surface area contributed by atoms with Crippen molar-refractivity contribution in [2.24, 2.45) is 5.10 Å². The van der Waals surface area contributed by atoms with Crippen molar-refractivity contribution in [3.05, 3.63) is 90.5 Å². The molecule has 0 aliphatic heterocycles. The molecular weight excluding hydrogens is 334 g/mol. The normalized spacial score (nSPS) is 11.1. The van der Waals surface area contributed by atoms with E-state index in [2.05, 4.69) is 40.1 Å². The molecule has 0 spiro atoms. The Kier molecular flexibility index (Phi) is 4.79. The first-order valence-electron chi connectivity index (χ1n) is 8.81. The molecule has 0 bridgehead atoms. The smallest absolute Gasteiger partial charge is 0.259 e. The number of nitrogens with one attached hydrogen (secondary N) is 2. The molecule has 4 rings (SSSR count). The third kappa shape index (κ3) is 4.12. The lowest BCUT2D eigenvalue weighted by molar-refractivity contribution is -0.119. The van der Waals surface area contributed by atoms with Crippen LogP contribution in [0.5, 0.6) is 0 Å². The van der Waals surface area contributed by atoms with Gasteiger partial charge in [0.1, 0.15) is 0 Å². The first-order valence-corrected chi connectivity index (χ1v) is 8.81. The zero-order chi connectivity index (χ0) is 18.5. The van der Waals surface area contributed by atoms with E-state index in [4.69, 9.17) is 0 Å². The molecule has 4 nitrogen and oxygen atoms in total. The Morgan fingerprint density at radius 3 is 2.15 bits per heavy atom. The van der Waals surface area contributed by atoms with E-state index in [1.54, 1.807) is 6.21 Å². The van der Waals surface area contributed by atoms with Crippen LogP contribution in [-0.4, -0.2) is 18.7 Å². The van der Waals surface area contributed by atoms with E-state index in [1.165, 1.54) is 10.8 Å². The number of benzene rings is 4. The predicted molar refractivity (Wildman–Crippen MR) is 112 cm³/mol. The Bertz CT molecular complexity index is 1130. The van der Waals surface area contributed by atoms with E-state index in [-0.39, 0.29) is 12.5 Å². The molecule has 4 aromatic carbocycles. The lowest BCUT2D eigenvalue weighted by Crippen LogP contribution is -2.25. The van der Waals surface area contributed by atoms with Crippen LogP contribution in [0.1, 0.15) is 5.56 Å². The van der Waals surface area contributed by atoms with E-state index in [0.717, 1.165) is 22.0 Å². The second-order valence-electron chi connectivity index (χ2n) is 6.32. The fourth-order valence-corrected chi connectivity index (χ4v) is 2.99. The van der Waals surface area contributed by atoms with E-state index < -0.39 is 0 Å². The molecule has 0 aliphatic carbocycles. The van der Waals surface area contributed by atoms with Crippen LogP contribution in [0.25, 0.3) is 21.5 Å². The Morgan fingerprint density at radius 2 is 1.41 bits per heavy atom. The molecule has 2 N–H and O–H groups in total. The molecule has 0 heterocycles. The molecular formula is C23H19N3O. The second kappa shape index (κ2) is 7.70. The summed E-state index contributed by atoms with van der Waals surface area (Å²) in [5.74, 6) is -0.194. The number of fused-ring (bicyclic) bond motifs is 2. The van der Waals surface area contributed by atoms with Gasteiger partial charge in [-0.15, -0.1) is 0 Å². The summed E-state index contributed by atoms with van der Waals surface area (Å²) < 4.78 is 0. The summed E-state index contributed by atoms with van der Waals surface area (Å²) in [4.78, 5) is 12.0. The summed E-state index contributed by atoms with van der Waals surface area (Å²) in [6.07, 6.45) is 1.65. The molecule has 0 aromatic heterocycles. The number of carbonyl (C=O) groups excluding carboxylic acids is 1. The van der Waals surface area contributed by atoms with Crippen LogP contribution in [0.2, 0.25) is 0 Å². The van der Waals surface area contributed by atoms with Crippen molar-refractivity contribution in [2.75, 3.05) is 11.9 Å². The van der Waals surface area contributed by atoms with Crippen molar-refractivity contribution < 1.29 is 4.79 Å². The zero-order valence-electron chi connectivity index (χ0n) is 14.7. The first-order chi connectivity index (χ1) is 13.3. The SMILES string of the molecule is O=C(CNc1ccc2ccccc2c1)N/N=C\c1ccc2ccccc2c1. The highest BCUT2D eigenvalue weighted by Crippen LogP contribution is 2.18. The maximum Gasteiger partial charge on any atom is 0.259 e. The number of anilines is 1. The maximum atomic E-state index is 12.0. The lowest BCUT2D eigenvalue weighted by atomic mass is 10.1. The van der Waals surface area contributed by atoms with Gasteiger partial charge in [-0.1, -0.05) is 66.7 Å². The molecule has 0 aliphatic rings. The average molecular weight is 353 g/mol. The number of hydrazone groups is 1. The van der Waals surface area contributed by atoms with Gasteiger partial charge in [-0.25, -0.2) is 5.43 Å². The summed E-state index contributed by atoms with van der Waals surface area (Å²) >= 11 is 0. The van der Waals surface area contributed by atoms with Crippen molar-refractivity contribution >= 4 is 39.4 Å². The number of hydrogen-bond acceptors (Lipinski definition) is 3. The molecule has 0 saturated carbocycles. The average Bonchev–Trinajstić information content (AvgIpc) is 2.72. The number of rotatable bonds is 5. The van der Waals surface area contributed by atoms with E-state index in [0.29, 0.717) is 0 Å².